The Morgan fingerprint density at radius 1 is 1.26 bits per heavy atom. The number of esters is 1. The monoisotopic (exact) mass is 335 g/mol. The lowest BCUT2D eigenvalue weighted by atomic mass is 10.1. The second-order valence-corrected chi connectivity index (χ2v) is 6.23. The van der Waals surface area contributed by atoms with Gasteiger partial charge in [0.15, 0.2) is 5.78 Å². The third-order valence-corrected chi connectivity index (χ3v) is 4.42. The maximum absolute atomic E-state index is 13.5. The Labute approximate surface area is 138 Å². The van der Waals surface area contributed by atoms with Crippen molar-refractivity contribution in [1.29, 1.82) is 0 Å². The van der Waals surface area contributed by atoms with Gasteiger partial charge in [-0.25, -0.2) is 9.18 Å². The highest BCUT2D eigenvalue weighted by Crippen LogP contribution is 2.22. The fourth-order valence-corrected chi connectivity index (χ4v) is 3.17. The van der Waals surface area contributed by atoms with Crippen molar-refractivity contribution in [3.8, 4) is 0 Å². The molecule has 4 nitrogen and oxygen atoms in total. The van der Waals surface area contributed by atoms with E-state index in [-0.39, 0.29) is 18.2 Å². The van der Waals surface area contributed by atoms with Crippen LogP contribution in [0.4, 0.5) is 4.39 Å². The molecule has 0 amide bonds. The summed E-state index contributed by atoms with van der Waals surface area (Å²) in [5, 5.41) is 0. The van der Waals surface area contributed by atoms with Gasteiger partial charge in [0.25, 0.3) is 0 Å². The first-order valence-electron chi connectivity index (χ1n) is 7.16. The van der Waals surface area contributed by atoms with Gasteiger partial charge in [0, 0.05) is 21.9 Å². The molecule has 0 bridgehead atoms. The van der Waals surface area contributed by atoms with Crippen LogP contribution in [0, 0.1) is 19.7 Å². The molecule has 0 saturated carbocycles. The number of hydrogen-bond acceptors (Lipinski definition) is 4. The number of carbonyl (C=O) groups excluding carboxylic acids is 2. The van der Waals surface area contributed by atoms with Crippen molar-refractivity contribution in [2.75, 3.05) is 12.4 Å². The van der Waals surface area contributed by atoms with Crippen LogP contribution in [0.1, 0.15) is 39.0 Å². The average molecular weight is 335 g/mol. The number of ketones is 1. The minimum atomic E-state index is -0.507. The number of aryl methyl sites for hydroxylation is 1. The number of ether oxygens (including phenoxy) is 1. The number of H-pyrrole nitrogens is 1. The van der Waals surface area contributed by atoms with E-state index in [1.54, 1.807) is 32.0 Å². The minimum Gasteiger partial charge on any atom is -0.460 e. The number of benzene rings is 1. The zero-order valence-electron chi connectivity index (χ0n) is 13.2. The summed E-state index contributed by atoms with van der Waals surface area (Å²) >= 11 is 1.29. The topological polar surface area (TPSA) is 59.2 Å². The first-order valence-corrected chi connectivity index (χ1v) is 8.15. The standard InChI is InChI=1S/C17H18FNO3S/c1-10-15(12(3)20)11(2)19-16(10)17(21)22-8-9-23-14-7-5-4-6-13(14)18/h4-7,19H,8-9H2,1-3H3. The van der Waals surface area contributed by atoms with Crippen molar-refractivity contribution in [3.63, 3.8) is 0 Å². The van der Waals surface area contributed by atoms with E-state index < -0.39 is 5.97 Å². The summed E-state index contributed by atoms with van der Waals surface area (Å²) in [6.45, 7) is 5.08. The molecule has 23 heavy (non-hydrogen) atoms. The molecule has 0 aliphatic heterocycles. The molecule has 2 rings (SSSR count). The smallest absolute Gasteiger partial charge is 0.355 e. The summed E-state index contributed by atoms with van der Waals surface area (Å²) in [7, 11) is 0. The molecule has 0 atom stereocenters. The molecule has 1 heterocycles. The van der Waals surface area contributed by atoms with E-state index in [2.05, 4.69) is 4.98 Å². The highest BCUT2D eigenvalue weighted by molar-refractivity contribution is 7.99. The number of aromatic nitrogens is 1. The Balaban J connectivity index is 1.92. The van der Waals surface area contributed by atoms with Gasteiger partial charge >= 0.3 is 5.97 Å². The van der Waals surface area contributed by atoms with Gasteiger partial charge in [0.2, 0.25) is 0 Å². The number of carbonyl (C=O) groups is 2. The number of rotatable bonds is 6. The number of Topliss-reactive ketones (excluding diaryl/α,β-unsaturated/α-hetero) is 1. The van der Waals surface area contributed by atoms with Crippen LogP contribution >= 0.6 is 11.8 Å². The van der Waals surface area contributed by atoms with Gasteiger partial charge in [-0.15, -0.1) is 11.8 Å². The molecule has 1 aromatic heterocycles. The molecule has 0 saturated heterocycles. The van der Waals surface area contributed by atoms with E-state index in [0.717, 1.165) is 0 Å². The summed E-state index contributed by atoms with van der Waals surface area (Å²) in [6.07, 6.45) is 0. The van der Waals surface area contributed by atoms with Gasteiger partial charge in [-0.2, -0.15) is 0 Å². The van der Waals surface area contributed by atoms with E-state index in [1.807, 2.05) is 0 Å². The SMILES string of the molecule is CC(=O)c1c(C)[nH]c(C(=O)OCCSc2ccccc2F)c1C. The van der Waals surface area contributed by atoms with E-state index in [4.69, 9.17) is 4.74 Å². The fourth-order valence-electron chi connectivity index (χ4n) is 2.40. The highest BCUT2D eigenvalue weighted by atomic mass is 32.2. The maximum Gasteiger partial charge on any atom is 0.355 e. The van der Waals surface area contributed by atoms with Crippen molar-refractivity contribution in [2.45, 2.75) is 25.7 Å². The van der Waals surface area contributed by atoms with Gasteiger partial charge in [-0.05, 0) is 38.5 Å². The van der Waals surface area contributed by atoms with Crippen molar-refractivity contribution in [3.05, 3.63) is 52.6 Å². The molecule has 2 aromatic rings. The van der Waals surface area contributed by atoms with Gasteiger partial charge in [-0.3, -0.25) is 4.79 Å². The van der Waals surface area contributed by atoms with Crippen LogP contribution in [-0.2, 0) is 4.74 Å². The lowest BCUT2D eigenvalue weighted by Gasteiger charge is -2.05. The molecular weight excluding hydrogens is 317 g/mol. The second-order valence-electron chi connectivity index (χ2n) is 5.10. The Morgan fingerprint density at radius 3 is 2.57 bits per heavy atom. The summed E-state index contributed by atoms with van der Waals surface area (Å²) in [5.41, 5.74) is 2.07. The highest BCUT2D eigenvalue weighted by Gasteiger charge is 2.20. The molecule has 0 aliphatic carbocycles. The summed E-state index contributed by atoms with van der Waals surface area (Å²) < 4.78 is 18.6. The van der Waals surface area contributed by atoms with E-state index in [0.29, 0.717) is 33.2 Å². The van der Waals surface area contributed by atoms with Crippen LogP contribution in [0.5, 0.6) is 0 Å². The van der Waals surface area contributed by atoms with Crippen molar-refractivity contribution in [2.24, 2.45) is 0 Å². The molecule has 122 valence electrons. The molecule has 6 heteroatoms. The number of halogens is 1. The molecule has 0 spiro atoms. The van der Waals surface area contributed by atoms with Crippen LogP contribution in [0.3, 0.4) is 0 Å². The van der Waals surface area contributed by atoms with Crippen LogP contribution in [0.15, 0.2) is 29.2 Å². The van der Waals surface area contributed by atoms with Gasteiger partial charge in [0.05, 0.1) is 0 Å². The molecule has 0 radical (unpaired) electrons. The van der Waals surface area contributed by atoms with Crippen molar-refractivity contribution in [1.82, 2.24) is 4.98 Å². The van der Waals surface area contributed by atoms with E-state index in [1.165, 1.54) is 24.8 Å². The van der Waals surface area contributed by atoms with Gasteiger partial charge in [0.1, 0.15) is 18.1 Å². The Kier molecular flexibility index (Phi) is 5.60. The lowest BCUT2D eigenvalue weighted by molar-refractivity contribution is 0.0523. The molecule has 0 fully saturated rings. The summed E-state index contributed by atoms with van der Waals surface area (Å²) in [4.78, 5) is 27.1. The van der Waals surface area contributed by atoms with Crippen LogP contribution in [0.2, 0.25) is 0 Å². The zero-order valence-corrected chi connectivity index (χ0v) is 14.1. The minimum absolute atomic E-state index is 0.0922. The third kappa shape index (κ3) is 4.01. The molecule has 1 N–H and O–H groups in total. The number of hydrogen-bond donors (Lipinski definition) is 1. The predicted octanol–water partition coefficient (Wildman–Crippen LogP) is 3.92. The molecular formula is C17H18FNO3S. The van der Waals surface area contributed by atoms with Crippen LogP contribution in [0.25, 0.3) is 0 Å². The summed E-state index contributed by atoms with van der Waals surface area (Å²) in [6, 6.07) is 6.45. The fraction of sp³-hybridized carbons (Fsp3) is 0.294. The van der Waals surface area contributed by atoms with E-state index in [9.17, 15) is 14.0 Å². The first kappa shape index (κ1) is 17.3. The van der Waals surface area contributed by atoms with Gasteiger partial charge in [-0.1, -0.05) is 12.1 Å². The Morgan fingerprint density at radius 2 is 1.96 bits per heavy atom. The summed E-state index contributed by atoms with van der Waals surface area (Å²) in [5.74, 6) is -0.436. The largest absolute Gasteiger partial charge is 0.460 e. The van der Waals surface area contributed by atoms with E-state index >= 15 is 0 Å². The molecule has 0 aliphatic rings. The van der Waals surface area contributed by atoms with Crippen molar-refractivity contribution >= 4 is 23.5 Å². The molecule has 1 aromatic carbocycles. The number of aromatic amines is 1. The van der Waals surface area contributed by atoms with Crippen molar-refractivity contribution < 1.29 is 18.7 Å². The van der Waals surface area contributed by atoms with Crippen LogP contribution < -0.4 is 0 Å². The Bertz CT molecular complexity index is 739. The number of thioether (sulfide) groups is 1. The predicted molar refractivity (Wildman–Crippen MR) is 87.7 cm³/mol. The second kappa shape index (κ2) is 7.46. The van der Waals surface area contributed by atoms with Crippen LogP contribution in [-0.4, -0.2) is 29.1 Å². The third-order valence-electron chi connectivity index (χ3n) is 3.40. The lowest BCUT2D eigenvalue weighted by Crippen LogP contribution is -2.10. The average Bonchev–Trinajstić information content (AvgIpc) is 2.80. The zero-order chi connectivity index (χ0) is 17.0. The maximum atomic E-state index is 13.5. The molecule has 0 unspecified atom stereocenters. The Hall–Kier alpha value is -2.08. The first-order chi connectivity index (χ1) is 10.9. The number of nitrogens with one attached hydrogen (secondary N) is 1. The normalized spacial score (nSPS) is 10.6. The quantitative estimate of drug-likeness (QED) is 0.376. The van der Waals surface area contributed by atoms with Gasteiger partial charge < -0.3 is 9.72 Å².